The molecule has 0 heterocycles. The van der Waals surface area contributed by atoms with Crippen molar-refractivity contribution in [3.8, 4) is 0 Å². The third-order valence-electron chi connectivity index (χ3n) is 2.24. The fourth-order valence-corrected chi connectivity index (χ4v) is 3.40. The van der Waals surface area contributed by atoms with E-state index >= 15 is 0 Å². The summed E-state index contributed by atoms with van der Waals surface area (Å²) in [6.45, 7) is 3.49. The van der Waals surface area contributed by atoms with Crippen LogP contribution in [0.15, 0.2) is 29.2 Å². The van der Waals surface area contributed by atoms with Crippen molar-refractivity contribution in [2.75, 3.05) is 11.9 Å². The van der Waals surface area contributed by atoms with E-state index in [-0.39, 0.29) is 4.90 Å². The molecule has 0 aliphatic rings. The quantitative estimate of drug-likeness (QED) is 0.756. The summed E-state index contributed by atoms with van der Waals surface area (Å²) in [5.74, 6) is 0. The van der Waals surface area contributed by atoms with Crippen LogP contribution in [0.3, 0.4) is 0 Å². The molecule has 19 heavy (non-hydrogen) atoms. The molecule has 0 spiro atoms. The second-order valence-corrected chi connectivity index (χ2v) is 6.97. The number of anilines is 1. The summed E-state index contributed by atoms with van der Waals surface area (Å²) in [4.78, 5) is -0.0953. The Morgan fingerprint density at radius 1 is 1.32 bits per heavy atom. The van der Waals surface area contributed by atoms with Gasteiger partial charge in [-0.15, -0.1) is 0 Å². The van der Waals surface area contributed by atoms with Crippen molar-refractivity contribution in [3.05, 3.63) is 24.3 Å². The highest BCUT2D eigenvalue weighted by molar-refractivity contribution is 7.92. The monoisotopic (exact) mass is 309 g/mol. The molecular weight excluding hydrogens is 294 g/mol. The lowest BCUT2D eigenvalue weighted by Crippen LogP contribution is -2.24. The molecular formula is C10H15NO6S2. The van der Waals surface area contributed by atoms with Gasteiger partial charge in [0.05, 0.1) is 4.90 Å². The van der Waals surface area contributed by atoms with Crippen LogP contribution in [-0.4, -0.2) is 33.4 Å². The predicted octanol–water partition coefficient (Wildman–Crippen LogP) is 1.06. The third-order valence-corrected chi connectivity index (χ3v) is 4.77. The molecule has 0 aliphatic heterocycles. The Kier molecular flexibility index (Phi) is 4.91. The van der Waals surface area contributed by atoms with Gasteiger partial charge in [0.15, 0.2) is 5.44 Å². The highest BCUT2D eigenvalue weighted by Gasteiger charge is 2.28. The standard InChI is InChI=1S/C10H15NO6S2/c1-3-11-9-5-4-6-10(7-9)18(12,13)8(2)17-19(14,15)16/h4-8,11H,3H2,1-2H3,(H,14,15,16). The van der Waals surface area contributed by atoms with Gasteiger partial charge in [-0.3, -0.25) is 4.55 Å². The topological polar surface area (TPSA) is 110 Å². The van der Waals surface area contributed by atoms with Crippen LogP contribution >= 0.6 is 0 Å². The van der Waals surface area contributed by atoms with Crippen LogP contribution in [0.2, 0.25) is 0 Å². The molecule has 7 nitrogen and oxygen atoms in total. The first-order valence-electron chi connectivity index (χ1n) is 5.40. The van der Waals surface area contributed by atoms with Gasteiger partial charge in [-0.05, 0) is 32.0 Å². The summed E-state index contributed by atoms with van der Waals surface area (Å²) in [7, 11) is -8.84. The van der Waals surface area contributed by atoms with E-state index < -0.39 is 25.7 Å². The van der Waals surface area contributed by atoms with Gasteiger partial charge >= 0.3 is 10.4 Å². The van der Waals surface area contributed by atoms with Crippen molar-refractivity contribution in [1.29, 1.82) is 0 Å². The first kappa shape index (κ1) is 15.9. The lowest BCUT2D eigenvalue weighted by atomic mass is 10.3. The van der Waals surface area contributed by atoms with Gasteiger partial charge in [-0.1, -0.05) is 6.07 Å². The molecule has 0 radical (unpaired) electrons. The maximum absolute atomic E-state index is 12.0. The second-order valence-electron chi connectivity index (χ2n) is 3.69. The largest absolute Gasteiger partial charge is 0.398 e. The van der Waals surface area contributed by atoms with Crippen molar-refractivity contribution >= 4 is 25.9 Å². The average molecular weight is 309 g/mol. The molecule has 2 N–H and O–H groups in total. The van der Waals surface area contributed by atoms with Gasteiger partial charge in [-0.25, -0.2) is 12.6 Å². The Labute approximate surface area is 112 Å². The zero-order valence-corrected chi connectivity index (χ0v) is 12.0. The molecule has 0 aromatic heterocycles. The van der Waals surface area contributed by atoms with Gasteiger partial charge in [0.1, 0.15) is 0 Å². The lowest BCUT2D eigenvalue weighted by Gasteiger charge is -2.12. The van der Waals surface area contributed by atoms with Crippen LogP contribution in [0.4, 0.5) is 5.69 Å². The molecule has 1 aromatic rings. The molecule has 9 heteroatoms. The SMILES string of the molecule is CCNc1cccc(S(=O)(=O)C(C)OS(=O)(=O)O)c1. The molecule has 0 aliphatic carbocycles. The minimum absolute atomic E-state index is 0.0953. The van der Waals surface area contributed by atoms with Crippen molar-refractivity contribution in [2.24, 2.45) is 0 Å². The Morgan fingerprint density at radius 3 is 2.47 bits per heavy atom. The minimum atomic E-state index is -4.83. The number of benzene rings is 1. The Morgan fingerprint density at radius 2 is 1.95 bits per heavy atom. The molecule has 0 saturated heterocycles. The molecule has 0 amide bonds. The van der Waals surface area contributed by atoms with Crippen LogP contribution in [0.25, 0.3) is 0 Å². The Balaban J connectivity index is 3.09. The van der Waals surface area contributed by atoms with Crippen molar-refractivity contribution < 1.29 is 25.6 Å². The van der Waals surface area contributed by atoms with E-state index in [0.29, 0.717) is 12.2 Å². The Hall–Kier alpha value is -1.16. The van der Waals surface area contributed by atoms with Gasteiger partial charge in [0, 0.05) is 12.2 Å². The summed E-state index contributed by atoms with van der Waals surface area (Å²) < 4.78 is 57.8. The molecule has 1 aromatic carbocycles. The second kappa shape index (κ2) is 5.87. The minimum Gasteiger partial charge on any atom is -0.385 e. The van der Waals surface area contributed by atoms with Crippen LogP contribution in [0.1, 0.15) is 13.8 Å². The van der Waals surface area contributed by atoms with Crippen LogP contribution in [-0.2, 0) is 24.4 Å². The van der Waals surface area contributed by atoms with Gasteiger partial charge in [0.25, 0.3) is 0 Å². The highest BCUT2D eigenvalue weighted by Crippen LogP contribution is 2.21. The molecule has 0 saturated carbocycles. The van der Waals surface area contributed by atoms with Crippen molar-refractivity contribution in [3.63, 3.8) is 0 Å². The van der Waals surface area contributed by atoms with E-state index in [1.165, 1.54) is 18.2 Å². The van der Waals surface area contributed by atoms with E-state index in [2.05, 4.69) is 9.50 Å². The maximum Gasteiger partial charge on any atom is 0.398 e. The van der Waals surface area contributed by atoms with Crippen LogP contribution in [0.5, 0.6) is 0 Å². The smallest absolute Gasteiger partial charge is 0.385 e. The highest BCUT2D eigenvalue weighted by atomic mass is 32.3. The Bertz CT molecular complexity index is 638. The summed E-state index contributed by atoms with van der Waals surface area (Å²) in [5, 5.41) is 2.93. The molecule has 1 unspecified atom stereocenters. The zero-order valence-electron chi connectivity index (χ0n) is 10.4. The van der Waals surface area contributed by atoms with Crippen molar-refractivity contribution in [2.45, 2.75) is 24.2 Å². The van der Waals surface area contributed by atoms with Gasteiger partial charge in [0.2, 0.25) is 9.84 Å². The number of hydrogen-bond donors (Lipinski definition) is 2. The van der Waals surface area contributed by atoms with E-state index in [0.717, 1.165) is 6.92 Å². The van der Waals surface area contributed by atoms with Crippen molar-refractivity contribution in [1.82, 2.24) is 0 Å². The molecule has 1 rings (SSSR count). The summed E-state index contributed by atoms with van der Waals surface area (Å²) in [5.41, 5.74) is -1.12. The number of rotatable bonds is 6. The molecule has 108 valence electrons. The van der Waals surface area contributed by atoms with E-state index in [9.17, 15) is 16.8 Å². The zero-order chi connectivity index (χ0) is 14.7. The van der Waals surface area contributed by atoms with Gasteiger partial charge in [-0.2, -0.15) is 8.42 Å². The maximum atomic E-state index is 12.0. The van der Waals surface area contributed by atoms with Crippen LogP contribution in [0, 0.1) is 0 Å². The number of sulfone groups is 1. The number of hydrogen-bond acceptors (Lipinski definition) is 6. The average Bonchev–Trinajstić information content (AvgIpc) is 2.27. The normalized spacial score (nSPS) is 14.1. The van der Waals surface area contributed by atoms with Crippen LogP contribution < -0.4 is 5.32 Å². The van der Waals surface area contributed by atoms with Gasteiger partial charge < -0.3 is 5.32 Å². The summed E-state index contributed by atoms with van der Waals surface area (Å²) in [6, 6.07) is 5.88. The lowest BCUT2D eigenvalue weighted by molar-refractivity contribution is 0.251. The third kappa shape index (κ3) is 4.46. The van der Waals surface area contributed by atoms with E-state index in [1.807, 2.05) is 6.92 Å². The predicted molar refractivity (Wildman–Crippen MR) is 69.9 cm³/mol. The molecule has 0 bridgehead atoms. The first-order valence-corrected chi connectivity index (χ1v) is 8.31. The fourth-order valence-electron chi connectivity index (χ4n) is 1.40. The fraction of sp³-hybridized carbons (Fsp3) is 0.400. The summed E-state index contributed by atoms with van der Waals surface area (Å²) in [6.07, 6.45) is 0. The van der Waals surface area contributed by atoms with E-state index in [1.54, 1.807) is 6.07 Å². The first-order chi connectivity index (χ1) is 8.66. The summed E-state index contributed by atoms with van der Waals surface area (Å²) >= 11 is 0. The number of nitrogens with one attached hydrogen (secondary N) is 1. The molecule has 1 atom stereocenters. The molecule has 0 fully saturated rings. The van der Waals surface area contributed by atoms with E-state index in [4.69, 9.17) is 4.55 Å².